The number of nitrogens with two attached hydrogens (primary N) is 1. The summed E-state index contributed by atoms with van der Waals surface area (Å²) in [6.45, 7) is 1.76. The first-order valence-electron chi connectivity index (χ1n) is 4.42. The lowest BCUT2D eigenvalue weighted by atomic mass is 10.0. The molecule has 0 aliphatic heterocycles. The number of hydrogen-bond donors (Lipinski definition) is 1. The molecule has 0 radical (unpaired) electrons. The van der Waals surface area contributed by atoms with Gasteiger partial charge in [-0.2, -0.15) is 0 Å². The fraction of sp³-hybridized carbons (Fsp3) is 0.300. The van der Waals surface area contributed by atoms with E-state index in [1.165, 1.54) is 12.1 Å². The number of hydrogen-bond acceptors (Lipinski definition) is 2. The van der Waals surface area contributed by atoms with Gasteiger partial charge >= 0.3 is 0 Å². The van der Waals surface area contributed by atoms with E-state index in [0.29, 0.717) is 10.9 Å². The predicted octanol–water partition coefficient (Wildman–Crippen LogP) is 3.16. The third-order valence-corrected chi connectivity index (χ3v) is 3.34. The fourth-order valence-electron chi connectivity index (χ4n) is 1.10. The molecular formula is C10H10BrClFNO. The number of ketones is 1. The van der Waals surface area contributed by atoms with Crippen molar-refractivity contribution < 1.29 is 9.18 Å². The average Bonchev–Trinajstić information content (AvgIpc) is 2.24. The largest absolute Gasteiger partial charge is 0.321 e. The summed E-state index contributed by atoms with van der Waals surface area (Å²) in [5.74, 6) is -1.15. The molecular weight excluding hydrogens is 284 g/mol. The van der Waals surface area contributed by atoms with Crippen LogP contribution in [-0.4, -0.2) is 11.8 Å². The summed E-state index contributed by atoms with van der Waals surface area (Å²) in [7, 11) is 0. The van der Waals surface area contributed by atoms with Gasteiger partial charge in [0.25, 0.3) is 0 Å². The van der Waals surface area contributed by atoms with Crippen molar-refractivity contribution in [3.05, 3.63) is 33.0 Å². The predicted molar refractivity (Wildman–Crippen MR) is 61.7 cm³/mol. The lowest BCUT2D eigenvalue weighted by Crippen LogP contribution is -2.30. The number of carbonyl (C=O) groups excluding carboxylic acids is 1. The van der Waals surface area contributed by atoms with E-state index in [1.54, 1.807) is 6.92 Å². The van der Waals surface area contributed by atoms with Crippen molar-refractivity contribution in [3.63, 3.8) is 0 Å². The highest BCUT2D eigenvalue weighted by Gasteiger charge is 2.20. The standard InChI is InChI=1S/C10H10BrClFNO/c1-2-7(14)10(15)5-3-4-6(11)8(12)9(5)13/h3-4,7H,2,14H2,1H3. The smallest absolute Gasteiger partial charge is 0.182 e. The van der Waals surface area contributed by atoms with Crippen molar-refractivity contribution in [1.29, 1.82) is 0 Å². The van der Waals surface area contributed by atoms with Crippen molar-refractivity contribution in [2.75, 3.05) is 0 Å². The molecule has 1 unspecified atom stereocenters. The second-order valence-corrected chi connectivity index (χ2v) is 4.33. The minimum Gasteiger partial charge on any atom is -0.321 e. The van der Waals surface area contributed by atoms with Gasteiger partial charge in [0.15, 0.2) is 11.6 Å². The third-order valence-electron chi connectivity index (χ3n) is 2.08. The van der Waals surface area contributed by atoms with Gasteiger partial charge in [0.1, 0.15) is 0 Å². The van der Waals surface area contributed by atoms with E-state index in [2.05, 4.69) is 15.9 Å². The van der Waals surface area contributed by atoms with Crippen LogP contribution < -0.4 is 5.73 Å². The van der Waals surface area contributed by atoms with Crippen LogP contribution in [0.4, 0.5) is 4.39 Å². The van der Waals surface area contributed by atoms with E-state index in [4.69, 9.17) is 17.3 Å². The molecule has 0 bridgehead atoms. The second kappa shape index (κ2) is 5.05. The Bertz CT molecular complexity index is 397. The molecule has 82 valence electrons. The molecule has 15 heavy (non-hydrogen) atoms. The Balaban J connectivity index is 3.16. The zero-order chi connectivity index (χ0) is 11.6. The zero-order valence-corrected chi connectivity index (χ0v) is 10.4. The summed E-state index contributed by atoms with van der Waals surface area (Å²) in [5, 5.41) is -0.0934. The van der Waals surface area contributed by atoms with Gasteiger partial charge in [-0.15, -0.1) is 0 Å². The molecule has 2 N–H and O–H groups in total. The highest BCUT2D eigenvalue weighted by Crippen LogP contribution is 2.28. The minimum absolute atomic E-state index is 0.0578. The van der Waals surface area contributed by atoms with Gasteiger partial charge in [-0.1, -0.05) is 18.5 Å². The SMILES string of the molecule is CCC(N)C(=O)c1ccc(Br)c(Cl)c1F. The number of carbonyl (C=O) groups is 1. The summed E-state index contributed by atoms with van der Waals surface area (Å²) >= 11 is 8.73. The number of halogens is 3. The summed E-state index contributed by atoms with van der Waals surface area (Å²) in [4.78, 5) is 11.6. The maximum absolute atomic E-state index is 13.6. The molecule has 0 fully saturated rings. The number of rotatable bonds is 3. The molecule has 0 saturated heterocycles. The molecule has 0 heterocycles. The van der Waals surface area contributed by atoms with Gasteiger partial charge in [0.05, 0.1) is 16.6 Å². The van der Waals surface area contributed by atoms with Crippen LogP contribution in [0.2, 0.25) is 5.02 Å². The topological polar surface area (TPSA) is 43.1 Å². The first-order valence-corrected chi connectivity index (χ1v) is 5.59. The maximum atomic E-state index is 13.6. The first kappa shape index (κ1) is 12.6. The van der Waals surface area contributed by atoms with Gasteiger partial charge in [0.2, 0.25) is 0 Å². The van der Waals surface area contributed by atoms with Crippen LogP contribution in [-0.2, 0) is 0 Å². The van der Waals surface area contributed by atoms with E-state index >= 15 is 0 Å². The molecule has 0 aliphatic rings. The lowest BCUT2D eigenvalue weighted by molar-refractivity contribution is 0.0955. The Kier molecular flexibility index (Phi) is 4.25. The van der Waals surface area contributed by atoms with E-state index in [-0.39, 0.29) is 10.6 Å². The van der Waals surface area contributed by atoms with Gasteiger partial charge < -0.3 is 5.73 Å². The van der Waals surface area contributed by atoms with E-state index in [9.17, 15) is 9.18 Å². The molecule has 2 nitrogen and oxygen atoms in total. The number of benzene rings is 1. The summed E-state index contributed by atoms with van der Waals surface area (Å²) < 4.78 is 14.0. The third kappa shape index (κ3) is 2.56. The van der Waals surface area contributed by atoms with E-state index < -0.39 is 17.6 Å². The van der Waals surface area contributed by atoms with E-state index in [0.717, 1.165) is 0 Å². The Hall–Kier alpha value is -0.450. The van der Waals surface area contributed by atoms with Crippen LogP contribution in [0, 0.1) is 5.82 Å². The Morgan fingerprint density at radius 2 is 2.27 bits per heavy atom. The van der Waals surface area contributed by atoms with Crippen LogP contribution in [0.25, 0.3) is 0 Å². The van der Waals surface area contributed by atoms with Gasteiger partial charge in [0, 0.05) is 4.47 Å². The van der Waals surface area contributed by atoms with Crippen LogP contribution in [0.1, 0.15) is 23.7 Å². The van der Waals surface area contributed by atoms with Gasteiger partial charge in [-0.25, -0.2) is 4.39 Å². The quantitative estimate of drug-likeness (QED) is 0.687. The van der Waals surface area contributed by atoms with Crippen molar-refractivity contribution in [3.8, 4) is 0 Å². The highest BCUT2D eigenvalue weighted by molar-refractivity contribution is 9.10. The van der Waals surface area contributed by atoms with Crippen LogP contribution in [0.15, 0.2) is 16.6 Å². The zero-order valence-electron chi connectivity index (χ0n) is 8.06. The molecule has 0 saturated carbocycles. The van der Waals surface area contributed by atoms with E-state index in [1.807, 2.05) is 0 Å². The number of Topliss-reactive ketones (excluding diaryl/α,β-unsaturated/α-hetero) is 1. The Morgan fingerprint density at radius 3 is 2.80 bits per heavy atom. The van der Waals surface area contributed by atoms with Crippen molar-refractivity contribution in [1.82, 2.24) is 0 Å². The Morgan fingerprint density at radius 1 is 1.67 bits per heavy atom. The van der Waals surface area contributed by atoms with Gasteiger partial charge in [-0.05, 0) is 34.5 Å². The fourth-order valence-corrected chi connectivity index (χ4v) is 1.57. The van der Waals surface area contributed by atoms with Crippen molar-refractivity contribution >= 4 is 33.3 Å². The lowest BCUT2D eigenvalue weighted by Gasteiger charge is -2.09. The molecule has 1 atom stereocenters. The van der Waals surface area contributed by atoms with Crippen LogP contribution in [0.3, 0.4) is 0 Å². The molecule has 1 rings (SSSR count). The van der Waals surface area contributed by atoms with Crippen LogP contribution >= 0.6 is 27.5 Å². The van der Waals surface area contributed by atoms with Crippen molar-refractivity contribution in [2.24, 2.45) is 5.73 Å². The van der Waals surface area contributed by atoms with Crippen molar-refractivity contribution in [2.45, 2.75) is 19.4 Å². The summed E-state index contributed by atoms with van der Waals surface area (Å²) in [6.07, 6.45) is 0.464. The summed E-state index contributed by atoms with van der Waals surface area (Å²) in [5.41, 5.74) is 5.48. The molecule has 5 heteroatoms. The Labute approximate surface area is 101 Å². The molecule has 0 spiro atoms. The highest BCUT2D eigenvalue weighted by atomic mass is 79.9. The first-order chi connectivity index (χ1) is 6.99. The average molecular weight is 295 g/mol. The van der Waals surface area contributed by atoms with Crippen LogP contribution in [0.5, 0.6) is 0 Å². The molecule has 1 aromatic carbocycles. The maximum Gasteiger partial charge on any atom is 0.182 e. The molecule has 0 amide bonds. The second-order valence-electron chi connectivity index (χ2n) is 3.10. The molecule has 0 aromatic heterocycles. The summed E-state index contributed by atoms with van der Waals surface area (Å²) in [6, 6.07) is 2.22. The normalized spacial score (nSPS) is 12.6. The minimum atomic E-state index is -0.722. The van der Waals surface area contributed by atoms with Gasteiger partial charge in [-0.3, -0.25) is 4.79 Å². The monoisotopic (exact) mass is 293 g/mol. The molecule has 0 aliphatic carbocycles. The molecule has 1 aromatic rings.